The average Bonchev–Trinajstić information content (AvgIpc) is 2.57. The Morgan fingerprint density at radius 3 is 2.21 bits per heavy atom. The van der Waals surface area contributed by atoms with Gasteiger partial charge in [0.25, 0.3) is 0 Å². The summed E-state index contributed by atoms with van der Waals surface area (Å²) in [6.45, 7) is 5.41. The van der Waals surface area contributed by atoms with Crippen molar-refractivity contribution in [2.24, 2.45) is 0 Å². The summed E-state index contributed by atoms with van der Waals surface area (Å²) in [6.07, 6.45) is 4.31. The smallest absolute Gasteiger partial charge is 0.142 e. The van der Waals surface area contributed by atoms with E-state index in [1.165, 1.54) is 0 Å². The van der Waals surface area contributed by atoms with Crippen LogP contribution in [0.25, 0.3) is 0 Å². The van der Waals surface area contributed by atoms with E-state index >= 15 is 0 Å². The number of ether oxygens (including phenoxy) is 2. The average molecular weight is 328 g/mol. The van der Waals surface area contributed by atoms with Crippen LogP contribution in [0.4, 0.5) is 11.4 Å². The molecule has 0 aliphatic carbocycles. The Labute approximate surface area is 144 Å². The zero-order valence-electron chi connectivity index (χ0n) is 14.7. The highest BCUT2D eigenvalue weighted by molar-refractivity contribution is 5.57. The van der Waals surface area contributed by atoms with Gasteiger partial charge in [0, 0.05) is 5.69 Å². The fourth-order valence-corrected chi connectivity index (χ4v) is 2.45. The van der Waals surface area contributed by atoms with Crippen molar-refractivity contribution in [3.05, 3.63) is 47.5 Å². The minimum absolute atomic E-state index is 0.700. The third-order valence-electron chi connectivity index (χ3n) is 4.09. The maximum Gasteiger partial charge on any atom is 0.142 e. The molecule has 0 aliphatic rings. The molecular weight excluding hydrogens is 300 g/mol. The number of hydrogen-bond donors (Lipinski definition) is 2. The molecule has 0 fully saturated rings. The molecule has 24 heavy (non-hydrogen) atoms. The monoisotopic (exact) mass is 328 g/mol. The Kier molecular flexibility index (Phi) is 6.79. The van der Waals surface area contributed by atoms with Crippen LogP contribution in [0.3, 0.4) is 0 Å². The first-order chi connectivity index (χ1) is 11.6. The summed E-state index contributed by atoms with van der Waals surface area (Å²) < 4.78 is 11.5. The molecule has 0 amide bonds. The summed E-state index contributed by atoms with van der Waals surface area (Å²) >= 11 is 0. The van der Waals surface area contributed by atoms with Gasteiger partial charge in [-0.3, -0.25) is 0 Å². The highest BCUT2D eigenvalue weighted by Gasteiger charge is 2.02. The Balaban J connectivity index is 1.55. The molecular formula is C20H28N2O2. The largest absolute Gasteiger partial charge is 0.494 e. The second-order valence-electron chi connectivity index (χ2n) is 6.12. The Bertz CT molecular complexity index is 656. The summed E-state index contributed by atoms with van der Waals surface area (Å²) in [5.74, 6) is 1.68. The molecule has 4 N–H and O–H groups in total. The van der Waals surface area contributed by atoms with E-state index < -0.39 is 0 Å². The number of benzene rings is 2. The maximum atomic E-state index is 5.99. The third kappa shape index (κ3) is 5.37. The van der Waals surface area contributed by atoms with Crippen LogP contribution in [0, 0.1) is 13.8 Å². The summed E-state index contributed by atoms with van der Waals surface area (Å²) in [5, 5.41) is 0. The van der Waals surface area contributed by atoms with Gasteiger partial charge in [-0.1, -0.05) is 12.1 Å². The lowest BCUT2D eigenvalue weighted by Gasteiger charge is -2.10. The molecule has 130 valence electrons. The van der Waals surface area contributed by atoms with Crippen LogP contribution in [0.1, 0.15) is 36.8 Å². The molecule has 0 radical (unpaired) electrons. The van der Waals surface area contributed by atoms with Gasteiger partial charge in [-0.15, -0.1) is 0 Å². The molecule has 0 bridgehead atoms. The SMILES string of the molecule is Cc1cc(OCCCCCCOc2cccc(C)c2N)ccc1N. The second kappa shape index (κ2) is 9.06. The standard InChI is InChI=1S/C20H28N2O2/c1-15-8-7-9-19(20(15)22)24-13-6-4-3-5-12-23-17-10-11-18(21)16(2)14-17/h7-11,14H,3-6,12-13,21-22H2,1-2H3. The zero-order chi connectivity index (χ0) is 17.4. The molecule has 2 rings (SSSR count). The maximum absolute atomic E-state index is 5.99. The van der Waals surface area contributed by atoms with E-state index in [4.69, 9.17) is 20.9 Å². The van der Waals surface area contributed by atoms with Gasteiger partial charge in [0.05, 0.1) is 18.9 Å². The van der Waals surface area contributed by atoms with Crippen molar-refractivity contribution in [1.29, 1.82) is 0 Å². The van der Waals surface area contributed by atoms with Gasteiger partial charge in [0.15, 0.2) is 0 Å². The molecule has 0 spiro atoms. The van der Waals surface area contributed by atoms with Gasteiger partial charge in [-0.2, -0.15) is 0 Å². The molecule has 2 aromatic rings. The number of hydrogen-bond acceptors (Lipinski definition) is 4. The van der Waals surface area contributed by atoms with Gasteiger partial charge in [0.1, 0.15) is 11.5 Å². The van der Waals surface area contributed by atoms with Crippen LogP contribution < -0.4 is 20.9 Å². The van der Waals surface area contributed by atoms with E-state index in [2.05, 4.69) is 0 Å². The fraction of sp³-hybridized carbons (Fsp3) is 0.400. The molecule has 0 aromatic heterocycles. The van der Waals surface area contributed by atoms with Gasteiger partial charge in [-0.25, -0.2) is 0 Å². The summed E-state index contributed by atoms with van der Waals surface area (Å²) in [6, 6.07) is 11.7. The first-order valence-electron chi connectivity index (χ1n) is 8.54. The molecule has 4 heteroatoms. The molecule has 0 saturated heterocycles. The number of para-hydroxylation sites is 1. The Morgan fingerprint density at radius 2 is 1.50 bits per heavy atom. The first kappa shape index (κ1) is 18.0. The van der Waals surface area contributed by atoms with Crippen molar-refractivity contribution in [1.82, 2.24) is 0 Å². The second-order valence-corrected chi connectivity index (χ2v) is 6.12. The fourth-order valence-electron chi connectivity index (χ4n) is 2.45. The number of unbranched alkanes of at least 4 members (excludes halogenated alkanes) is 3. The van der Waals surface area contributed by atoms with Gasteiger partial charge >= 0.3 is 0 Å². The van der Waals surface area contributed by atoms with Crippen LogP contribution in [0.15, 0.2) is 36.4 Å². The minimum Gasteiger partial charge on any atom is -0.494 e. The summed E-state index contributed by atoms with van der Waals surface area (Å²) in [4.78, 5) is 0. The minimum atomic E-state index is 0.700. The molecule has 2 aromatic carbocycles. The molecule has 4 nitrogen and oxygen atoms in total. The highest BCUT2D eigenvalue weighted by atomic mass is 16.5. The number of rotatable bonds is 9. The summed E-state index contributed by atoms with van der Waals surface area (Å²) in [5.41, 5.74) is 15.4. The van der Waals surface area contributed by atoms with E-state index in [-0.39, 0.29) is 0 Å². The van der Waals surface area contributed by atoms with E-state index in [9.17, 15) is 0 Å². The van der Waals surface area contributed by atoms with Crippen LogP contribution >= 0.6 is 0 Å². The van der Waals surface area contributed by atoms with E-state index in [1.54, 1.807) is 0 Å². The van der Waals surface area contributed by atoms with Gasteiger partial charge in [0.2, 0.25) is 0 Å². The Morgan fingerprint density at radius 1 is 0.792 bits per heavy atom. The molecule has 0 saturated carbocycles. The van der Waals surface area contributed by atoms with Crippen molar-refractivity contribution in [2.45, 2.75) is 39.5 Å². The Hall–Kier alpha value is -2.36. The van der Waals surface area contributed by atoms with Crippen molar-refractivity contribution >= 4 is 11.4 Å². The number of aryl methyl sites for hydroxylation is 2. The topological polar surface area (TPSA) is 70.5 Å². The van der Waals surface area contributed by atoms with Crippen molar-refractivity contribution in [3.8, 4) is 11.5 Å². The zero-order valence-corrected chi connectivity index (χ0v) is 14.7. The lowest BCUT2D eigenvalue weighted by Crippen LogP contribution is -2.02. The molecule has 0 atom stereocenters. The van der Waals surface area contributed by atoms with Crippen LogP contribution in [0.2, 0.25) is 0 Å². The van der Waals surface area contributed by atoms with Gasteiger partial charge in [-0.05, 0) is 74.9 Å². The number of anilines is 2. The predicted molar refractivity (Wildman–Crippen MR) is 101 cm³/mol. The third-order valence-corrected chi connectivity index (χ3v) is 4.09. The number of nitrogen functional groups attached to an aromatic ring is 2. The molecule has 0 heterocycles. The van der Waals surface area contributed by atoms with Crippen LogP contribution in [0.5, 0.6) is 11.5 Å². The van der Waals surface area contributed by atoms with Gasteiger partial charge < -0.3 is 20.9 Å². The lowest BCUT2D eigenvalue weighted by molar-refractivity contribution is 0.288. The first-order valence-corrected chi connectivity index (χ1v) is 8.54. The lowest BCUT2D eigenvalue weighted by atomic mass is 10.2. The number of nitrogens with two attached hydrogens (primary N) is 2. The van der Waals surface area contributed by atoms with E-state index in [1.807, 2.05) is 50.2 Å². The normalized spacial score (nSPS) is 10.6. The molecule has 0 unspecified atom stereocenters. The quantitative estimate of drug-likeness (QED) is 0.526. The summed E-state index contributed by atoms with van der Waals surface area (Å²) in [7, 11) is 0. The predicted octanol–water partition coefficient (Wildman–Crippen LogP) is 4.49. The van der Waals surface area contributed by atoms with E-state index in [0.717, 1.165) is 66.3 Å². The van der Waals surface area contributed by atoms with Crippen molar-refractivity contribution in [2.75, 3.05) is 24.7 Å². The molecule has 0 aliphatic heterocycles. The van der Waals surface area contributed by atoms with Crippen LogP contribution in [-0.2, 0) is 0 Å². The van der Waals surface area contributed by atoms with Crippen molar-refractivity contribution < 1.29 is 9.47 Å². The van der Waals surface area contributed by atoms with Crippen LogP contribution in [-0.4, -0.2) is 13.2 Å². The van der Waals surface area contributed by atoms with E-state index in [0.29, 0.717) is 6.61 Å². The highest BCUT2D eigenvalue weighted by Crippen LogP contribution is 2.24. The van der Waals surface area contributed by atoms with Crippen molar-refractivity contribution in [3.63, 3.8) is 0 Å².